The number of rotatable bonds is 1. The lowest BCUT2D eigenvalue weighted by atomic mass is 9.94. The van der Waals surface area contributed by atoms with Gasteiger partial charge >= 0.3 is 0 Å². The Balaban J connectivity index is 2.57. The summed E-state index contributed by atoms with van der Waals surface area (Å²) >= 11 is 0. The fourth-order valence-electron chi connectivity index (χ4n) is 0.836. The van der Waals surface area contributed by atoms with Crippen LogP contribution in [0.5, 0.6) is 0 Å². The molecule has 0 atom stereocenters. The van der Waals surface area contributed by atoms with Crippen LogP contribution in [0, 0.1) is 5.41 Å². The molecule has 0 aromatic carbocycles. The van der Waals surface area contributed by atoms with Crippen molar-refractivity contribution < 1.29 is 4.74 Å². The van der Waals surface area contributed by atoms with E-state index in [1.807, 2.05) is 0 Å². The lowest BCUT2D eigenvalue weighted by Crippen LogP contribution is -2.29. The van der Waals surface area contributed by atoms with E-state index in [0.717, 1.165) is 13.2 Å². The van der Waals surface area contributed by atoms with Crippen LogP contribution in [0.25, 0.3) is 0 Å². The summed E-state index contributed by atoms with van der Waals surface area (Å²) in [4.78, 5) is 4.20. The van der Waals surface area contributed by atoms with Crippen LogP contribution in [0.2, 0.25) is 0 Å². The Morgan fingerprint density at radius 2 is 2.36 bits per heavy atom. The maximum atomic E-state index is 5.32. The van der Waals surface area contributed by atoms with E-state index in [1.54, 1.807) is 6.08 Å². The van der Waals surface area contributed by atoms with E-state index in [2.05, 4.69) is 18.8 Å². The molecule has 2 N–H and O–H groups in total. The average molecular weight is 154 g/mol. The maximum Gasteiger partial charge on any atom is 0.210 e. The number of hydrogen-bond donors (Lipinski definition) is 1. The third-order valence-electron chi connectivity index (χ3n) is 1.51. The Bertz CT molecular complexity index is 194. The second-order valence-corrected chi connectivity index (χ2v) is 3.47. The Morgan fingerprint density at radius 1 is 1.64 bits per heavy atom. The minimum atomic E-state index is 0.173. The van der Waals surface area contributed by atoms with Gasteiger partial charge in [-0.1, -0.05) is 13.8 Å². The van der Waals surface area contributed by atoms with E-state index in [-0.39, 0.29) is 5.41 Å². The lowest BCUT2D eigenvalue weighted by Gasteiger charge is -2.26. The molecule has 0 bridgehead atoms. The molecule has 0 aromatic rings. The molecule has 11 heavy (non-hydrogen) atoms. The molecule has 1 rings (SSSR count). The van der Waals surface area contributed by atoms with Gasteiger partial charge in [-0.05, 0) is 6.20 Å². The summed E-state index contributed by atoms with van der Waals surface area (Å²) in [7, 11) is 0. The van der Waals surface area contributed by atoms with Gasteiger partial charge in [0, 0.05) is 11.5 Å². The van der Waals surface area contributed by atoms with Crippen molar-refractivity contribution in [1.82, 2.24) is 0 Å². The average Bonchev–Trinajstić information content (AvgIpc) is 1.94. The molecule has 0 amide bonds. The SMILES string of the molecule is CC1(C)CN=C(C=CN)OC1. The normalized spacial score (nSPS) is 22.9. The van der Waals surface area contributed by atoms with Crippen LogP contribution in [0.3, 0.4) is 0 Å². The van der Waals surface area contributed by atoms with Gasteiger partial charge in [-0.3, -0.25) is 4.99 Å². The third-order valence-corrected chi connectivity index (χ3v) is 1.51. The predicted molar refractivity (Wildman–Crippen MR) is 45.4 cm³/mol. The summed E-state index contributed by atoms with van der Waals surface area (Å²) in [6.45, 7) is 5.78. The molecule has 0 spiro atoms. The summed E-state index contributed by atoms with van der Waals surface area (Å²) < 4.78 is 5.32. The summed E-state index contributed by atoms with van der Waals surface area (Å²) in [5.41, 5.74) is 5.36. The van der Waals surface area contributed by atoms with E-state index in [0.29, 0.717) is 5.90 Å². The topological polar surface area (TPSA) is 47.6 Å². The van der Waals surface area contributed by atoms with E-state index >= 15 is 0 Å². The molecule has 3 heteroatoms. The number of ether oxygens (including phenoxy) is 1. The van der Waals surface area contributed by atoms with Gasteiger partial charge in [-0.15, -0.1) is 0 Å². The van der Waals surface area contributed by atoms with Crippen molar-refractivity contribution in [2.24, 2.45) is 16.1 Å². The van der Waals surface area contributed by atoms with Crippen molar-refractivity contribution >= 4 is 5.90 Å². The molecule has 0 aromatic heterocycles. The zero-order chi connectivity index (χ0) is 8.32. The summed E-state index contributed by atoms with van der Waals surface area (Å²) in [6, 6.07) is 0. The zero-order valence-corrected chi connectivity index (χ0v) is 7.00. The second kappa shape index (κ2) is 2.95. The molecule has 62 valence electrons. The van der Waals surface area contributed by atoms with E-state index in [1.165, 1.54) is 6.20 Å². The van der Waals surface area contributed by atoms with Gasteiger partial charge in [-0.2, -0.15) is 0 Å². The molecule has 0 saturated heterocycles. The van der Waals surface area contributed by atoms with Crippen molar-refractivity contribution in [2.45, 2.75) is 13.8 Å². The first-order valence-corrected chi connectivity index (χ1v) is 3.70. The van der Waals surface area contributed by atoms with E-state index < -0.39 is 0 Å². The molecule has 3 nitrogen and oxygen atoms in total. The first-order chi connectivity index (χ1) is 5.14. The Hall–Kier alpha value is -0.990. The highest BCUT2D eigenvalue weighted by molar-refractivity contribution is 5.87. The van der Waals surface area contributed by atoms with E-state index in [9.17, 15) is 0 Å². The maximum absolute atomic E-state index is 5.32. The minimum absolute atomic E-state index is 0.173. The molecule has 1 aliphatic rings. The van der Waals surface area contributed by atoms with Crippen LogP contribution in [-0.4, -0.2) is 19.0 Å². The molecule has 0 fully saturated rings. The molecule has 0 saturated carbocycles. The van der Waals surface area contributed by atoms with Crippen molar-refractivity contribution in [2.75, 3.05) is 13.2 Å². The fourth-order valence-corrected chi connectivity index (χ4v) is 0.836. The van der Waals surface area contributed by atoms with Crippen LogP contribution in [0.1, 0.15) is 13.8 Å². The quantitative estimate of drug-likeness (QED) is 0.610. The van der Waals surface area contributed by atoms with Gasteiger partial charge < -0.3 is 10.5 Å². The van der Waals surface area contributed by atoms with Crippen molar-refractivity contribution in [1.29, 1.82) is 0 Å². The number of nitrogens with two attached hydrogens (primary N) is 1. The highest BCUT2D eigenvalue weighted by Crippen LogP contribution is 2.19. The highest BCUT2D eigenvalue weighted by atomic mass is 16.5. The number of hydrogen-bond acceptors (Lipinski definition) is 3. The predicted octanol–water partition coefficient (Wildman–Crippen LogP) is 0.914. The summed E-state index contributed by atoms with van der Waals surface area (Å²) in [5.74, 6) is 0.645. The zero-order valence-electron chi connectivity index (χ0n) is 7.00. The molecular weight excluding hydrogens is 140 g/mol. The number of nitrogens with zero attached hydrogens (tertiary/aromatic N) is 1. The molecule has 0 aliphatic carbocycles. The Labute approximate surface area is 66.9 Å². The summed E-state index contributed by atoms with van der Waals surface area (Å²) in [5, 5.41) is 0. The van der Waals surface area contributed by atoms with Crippen molar-refractivity contribution in [3.05, 3.63) is 12.3 Å². The van der Waals surface area contributed by atoms with E-state index in [4.69, 9.17) is 10.5 Å². The standard InChI is InChI=1S/C8H14N2O/c1-8(2)5-10-7(3-4-9)11-6-8/h3-4H,5-6,9H2,1-2H3. The van der Waals surface area contributed by atoms with Crippen LogP contribution < -0.4 is 5.73 Å². The van der Waals surface area contributed by atoms with Crippen molar-refractivity contribution in [3.63, 3.8) is 0 Å². The van der Waals surface area contributed by atoms with Crippen LogP contribution in [-0.2, 0) is 4.74 Å². The smallest absolute Gasteiger partial charge is 0.210 e. The van der Waals surface area contributed by atoms with Crippen molar-refractivity contribution in [3.8, 4) is 0 Å². The summed E-state index contributed by atoms with van der Waals surface area (Å²) in [6.07, 6.45) is 3.12. The highest BCUT2D eigenvalue weighted by Gasteiger charge is 2.22. The van der Waals surface area contributed by atoms with Gasteiger partial charge in [0.15, 0.2) is 0 Å². The Kier molecular flexibility index (Phi) is 2.17. The molecule has 0 unspecified atom stereocenters. The number of aliphatic imine (C=N–C) groups is 1. The molecular formula is C8H14N2O. The molecule has 1 aliphatic heterocycles. The van der Waals surface area contributed by atoms with Gasteiger partial charge in [0.1, 0.15) is 0 Å². The second-order valence-electron chi connectivity index (χ2n) is 3.47. The minimum Gasteiger partial charge on any atom is -0.477 e. The Morgan fingerprint density at radius 3 is 2.82 bits per heavy atom. The monoisotopic (exact) mass is 154 g/mol. The fraction of sp³-hybridized carbons (Fsp3) is 0.625. The molecule has 1 heterocycles. The first kappa shape index (κ1) is 8.11. The molecule has 0 radical (unpaired) electrons. The van der Waals surface area contributed by atoms with Gasteiger partial charge in [0.2, 0.25) is 5.90 Å². The van der Waals surface area contributed by atoms with Crippen LogP contribution >= 0.6 is 0 Å². The van der Waals surface area contributed by atoms with Gasteiger partial charge in [-0.25, -0.2) is 0 Å². The van der Waals surface area contributed by atoms with Crippen LogP contribution in [0.4, 0.5) is 0 Å². The lowest BCUT2D eigenvalue weighted by molar-refractivity contribution is 0.158. The van der Waals surface area contributed by atoms with Crippen LogP contribution in [0.15, 0.2) is 17.3 Å². The van der Waals surface area contributed by atoms with Gasteiger partial charge in [0.25, 0.3) is 0 Å². The van der Waals surface area contributed by atoms with Gasteiger partial charge in [0.05, 0.1) is 13.2 Å². The largest absolute Gasteiger partial charge is 0.477 e. The third kappa shape index (κ3) is 2.26. The first-order valence-electron chi connectivity index (χ1n) is 3.70.